The zero-order chi connectivity index (χ0) is 31.6. The first-order valence-electron chi connectivity index (χ1n) is 15.9. The number of halogens is 1. The summed E-state index contributed by atoms with van der Waals surface area (Å²) in [6.45, 7) is 20.6. The number of carbonyl (C=O) groups excluding carboxylic acids is 1. The van der Waals surface area contributed by atoms with Crippen LogP contribution in [0.5, 0.6) is 5.75 Å². The van der Waals surface area contributed by atoms with Crippen molar-refractivity contribution in [2.24, 2.45) is 5.41 Å². The molecule has 0 saturated carbocycles. The molecule has 6 rings (SSSR count). The van der Waals surface area contributed by atoms with Gasteiger partial charge < -0.3 is 29.3 Å². The summed E-state index contributed by atoms with van der Waals surface area (Å²) in [5.74, 6) is 1.56. The Labute approximate surface area is 261 Å². The Balaban J connectivity index is 0.000000712. The van der Waals surface area contributed by atoms with Crippen LogP contribution >= 0.6 is 0 Å². The Kier molecular flexibility index (Phi) is 9.55. The van der Waals surface area contributed by atoms with Crippen LogP contribution in [0.3, 0.4) is 0 Å². The molecule has 3 fully saturated rings. The number of fused-ring (bicyclic) bond motifs is 2. The lowest BCUT2D eigenvalue weighted by Crippen LogP contribution is -2.62. The molecule has 0 spiro atoms. The number of benzene rings is 1. The maximum Gasteiger partial charge on any atom is 0.410 e. The maximum atomic E-state index is 15.4. The van der Waals surface area contributed by atoms with Crippen LogP contribution in [0.1, 0.15) is 78.4 Å². The topological polar surface area (TPSA) is 92.3 Å². The number of piperidine rings is 1. The summed E-state index contributed by atoms with van der Waals surface area (Å²) < 4.78 is 32.3. The molecule has 0 aliphatic carbocycles. The van der Waals surface area contributed by atoms with Crippen LogP contribution < -0.4 is 15.0 Å². The minimum Gasteiger partial charge on any atom is -0.483 e. The number of hydrogen-bond acceptors (Lipinski definition) is 9. The second-order valence-electron chi connectivity index (χ2n) is 14.8. The van der Waals surface area contributed by atoms with Gasteiger partial charge in [0.05, 0.1) is 24.5 Å². The summed E-state index contributed by atoms with van der Waals surface area (Å²) >= 11 is 0. The van der Waals surface area contributed by atoms with Gasteiger partial charge in [0, 0.05) is 32.2 Å². The van der Waals surface area contributed by atoms with Gasteiger partial charge in [-0.15, -0.1) is 0 Å². The third-order valence-corrected chi connectivity index (χ3v) is 7.94. The Morgan fingerprint density at radius 2 is 1.66 bits per heavy atom. The Bertz CT molecular complexity index is 1300. The SMILES string of the molecule is CC(C)(C)C.CC(C)(C)OC(=O)N1CC(N2CCC(c3cc(F)c4c(c3)Nc3ncnc(N5CCOCC5)c3CO4)CC2)C1. The van der Waals surface area contributed by atoms with Crippen molar-refractivity contribution >= 4 is 23.4 Å². The number of nitrogens with zero attached hydrogens (tertiary/aromatic N) is 5. The highest BCUT2D eigenvalue weighted by atomic mass is 19.1. The second-order valence-corrected chi connectivity index (χ2v) is 14.8. The van der Waals surface area contributed by atoms with E-state index in [1.54, 1.807) is 17.3 Å². The molecule has 3 saturated heterocycles. The number of carbonyl (C=O) groups is 1. The van der Waals surface area contributed by atoms with Crippen LogP contribution in [-0.4, -0.2) is 90.0 Å². The van der Waals surface area contributed by atoms with E-state index in [0.717, 1.165) is 56.0 Å². The van der Waals surface area contributed by atoms with Crippen molar-refractivity contribution in [3.05, 3.63) is 35.4 Å². The highest BCUT2D eigenvalue weighted by Gasteiger charge is 2.38. The normalized spacial score (nSPS) is 19.7. The van der Waals surface area contributed by atoms with Gasteiger partial charge in [0.1, 0.15) is 30.2 Å². The standard InChI is InChI=1S/C28H37FN6O4.C5H12/c1-28(2,3)39-27(36)35-14-20(15-35)33-6-4-18(5-7-33)19-12-22(29)24-23(13-19)32-25-21(16-38-24)26(31-17-30-25)34-8-10-37-11-9-34;1-5(2,3)4/h12-13,17-18,20H,4-11,14-16H2,1-3H3,(H,30,31,32);1-4H3. The summed E-state index contributed by atoms with van der Waals surface area (Å²) in [5.41, 5.74) is 2.41. The second kappa shape index (κ2) is 13.0. The van der Waals surface area contributed by atoms with E-state index in [4.69, 9.17) is 14.2 Å². The molecule has 4 aliphatic heterocycles. The number of likely N-dealkylation sites (tertiary alicyclic amines) is 2. The molecule has 10 nitrogen and oxygen atoms in total. The largest absolute Gasteiger partial charge is 0.483 e. The van der Waals surface area contributed by atoms with Crippen molar-refractivity contribution in [3.63, 3.8) is 0 Å². The van der Waals surface area contributed by atoms with Crippen molar-refractivity contribution in [1.29, 1.82) is 0 Å². The third-order valence-electron chi connectivity index (χ3n) is 7.94. The van der Waals surface area contributed by atoms with E-state index in [1.807, 2.05) is 26.8 Å². The Hall–Kier alpha value is -3.18. The van der Waals surface area contributed by atoms with Crippen molar-refractivity contribution in [2.45, 2.75) is 85.5 Å². The maximum absolute atomic E-state index is 15.4. The summed E-state index contributed by atoms with van der Waals surface area (Å²) in [5, 5.41) is 3.35. The lowest BCUT2D eigenvalue weighted by molar-refractivity contribution is -0.0196. The highest BCUT2D eigenvalue weighted by Crippen LogP contribution is 2.41. The number of anilines is 3. The fraction of sp³-hybridized carbons (Fsp3) is 0.667. The third kappa shape index (κ3) is 8.10. The van der Waals surface area contributed by atoms with Crippen LogP contribution in [-0.2, 0) is 16.1 Å². The van der Waals surface area contributed by atoms with E-state index < -0.39 is 5.60 Å². The summed E-state index contributed by atoms with van der Waals surface area (Å²) in [6.07, 6.45) is 3.17. The van der Waals surface area contributed by atoms with E-state index >= 15 is 4.39 Å². The van der Waals surface area contributed by atoms with Gasteiger partial charge in [0.2, 0.25) is 0 Å². The average molecular weight is 613 g/mol. The van der Waals surface area contributed by atoms with E-state index in [1.165, 1.54) is 0 Å². The predicted octanol–water partition coefficient (Wildman–Crippen LogP) is 5.94. The van der Waals surface area contributed by atoms with Gasteiger partial charge in [-0.2, -0.15) is 0 Å². The van der Waals surface area contributed by atoms with Gasteiger partial charge >= 0.3 is 6.09 Å². The molecular weight excluding hydrogens is 563 g/mol. The fourth-order valence-electron chi connectivity index (χ4n) is 5.81. The van der Waals surface area contributed by atoms with Gasteiger partial charge in [0.25, 0.3) is 0 Å². The number of nitrogens with one attached hydrogen (secondary N) is 1. The molecule has 1 N–H and O–H groups in total. The number of aromatic nitrogens is 2. The first-order valence-corrected chi connectivity index (χ1v) is 15.9. The quantitative estimate of drug-likeness (QED) is 0.452. The molecule has 44 heavy (non-hydrogen) atoms. The molecule has 5 heterocycles. The number of hydrogen-bond donors (Lipinski definition) is 1. The van der Waals surface area contributed by atoms with E-state index in [0.29, 0.717) is 49.3 Å². The molecule has 0 bridgehead atoms. The molecular formula is C33H49FN6O4. The first kappa shape index (κ1) is 32.2. The van der Waals surface area contributed by atoms with Gasteiger partial charge in [-0.25, -0.2) is 19.2 Å². The summed E-state index contributed by atoms with van der Waals surface area (Å²) in [6, 6.07) is 3.99. The molecule has 0 atom stereocenters. The monoisotopic (exact) mass is 612 g/mol. The minimum atomic E-state index is -0.483. The number of morpholine rings is 1. The first-order chi connectivity index (χ1) is 20.7. The van der Waals surface area contributed by atoms with Gasteiger partial charge in [-0.3, -0.25) is 4.90 Å². The summed E-state index contributed by atoms with van der Waals surface area (Å²) in [7, 11) is 0. The van der Waals surface area contributed by atoms with Crippen LogP contribution in [0.4, 0.5) is 26.5 Å². The lowest BCUT2D eigenvalue weighted by Gasteiger charge is -2.47. The fourth-order valence-corrected chi connectivity index (χ4v) is 5.81. The zero-order valence-electron chi connectivity index (χ0n) is 27.4. The van der Waals surface area contributed by atoms with E-state index in [-0.39, 0.29) is 30.2 Å². The van der Waals surface area contributed by atoms with Crippen molar-refractivity contribution < 1.29 is 23.4 Å². The molecule has 0 unspecified atom stereocenters. The molecule has 2 aromatic rings. The van der Waals surface area contributed by atoms with Crippen molar-refractivity contribution in [2.75, 3.05) is 62.7 Å². The zero-order valence-corrected chi connectivity index (χ0v) is 27.4. The lowest BCUT2D eigenvalue weighted by atomic mass is 9.87. The average Bonchev–Trinajstić information content (AvgIpc) is 3.11. The number of ether oxygens (including phenoxy) is 3. The molecule has 242 valence electrons. The van der Waals surface area contributed by atoms with Gasteiger partial charge in [-0.05, 0) is 75.7 Å². The molecule has 0 radical (unpaired) electrons. The number of amides is 1. The van der Waals surface area contributed by atoms with Crippen LogP contribution in [0.25, 0.3) is 0 Å². The van der Waals surface area contributed by atoms with Crippen LogP contribution in [0, 0.1) is 11.2 Å². The van der Waals surface area contributed by atoms with Crippen LogP contribution in [0.15, 0.2) is 18.5 Å². The minimum absolute atomic E-state index is 0.194. The molecule has 1 aromatic heterocycles. The Morgan fingerprint density at radius 1 is 1.00 bits per heavy atom. The van der Waals surface area contributed by atoms with Gasteiger partial charge in [0.15, 0.2) is 11.6 Å². The van der Waals surface area contributed by atoms with Gasteiger partial charge in [-0.1, -0.05) is 27.7 Å². The smallest absolute Gasteiger partial charge is 0.410 e. The predicted molar refractivity (Wildman–Crippen MR) is 169 cm³/mol. The molecule has 1 amide bonds. The van der Waals surface area contributed by atoms with E-state index in [2.05, 4.69) is 52.8 Å². The van der Waals surface area contributed by atoms with E-state index in [9.17, 15) is 4.79 Å². The summed E-state index contributed by atoms with van der Waals surface area (Å²) in [4.78, 5) is 27.6. The number of rotatable bonds is 3. The van der Waals surface area contributed by atoms with Crippen molar-refractivity contribution in [3.8, 4) is 5.75 Å². The Morgan fingerprint density at radius 3 is 2.30 bits per heavy atom. The highest BCUT2D eigenvalue weighted by molar-refractivity contribution is 5.72. The molecule has 4 aliphatic rings. The molecule has 1 aromatic carbocycles. The van der Waals surface area contributed by atoms with Crippen LogP contribution in [0.2, 0.25) is 0 Å². The molecule has 11 heteroatoms. The van der Waals surface area contributed by atoms with Crippen molar-refractivity contribution in [1.82, 2.24) is 19.8 Å².